The number of amides is 2. The van der Waals surface area contributed by atoms with Gasteiger partial charge in [0, 0.05) is 23.1 Å². The lowest BCUT2D eigenvalue weighted by molar-refractivity contribution is -0.163. The number of thiazole rings is 1. The maximum absolute atomic E-state index is 13.5. The van der Waals surface area contributed by atoms with Crippen LogP contribution in [0.5, 0.6) is 0 Å². The number of hydrogen-bond acceptors (Lipinski definition) is 12. The summed E-state index contributed by atoms with van der Waals surface area (Å²) in [6, 6.07) is 23.4. The molecule has 0 bridgehead atoms. The molecule has 292 valence electrons. The highest BCUT2D eigenvalue weighted by atomic mass is 32.1. The lowest BCUT2D eigenvalue weighted by atomic mass is 10.2. The number of esters is 3. The maximum Gasteiger partial charge on any atom is 0.412 e. The lowest BCUT2D eigenvalue weighted by Gasteiger charge is -2.43. The molecule has 0 saturated carbocycles. The molecular weight excluding hydrogens is 741 g/mol. The van der Waals surface area contributed by atoms with Gasteiger partial charge in [-0.1, -0.05) is 81.4 Å². The van der Waals surface area contributed by atoms with Gasteiger partial charge in [-0.15, -0.1) is 11.3 Å². The first-order chi connectivity index (χ1) is 25.8. The van der Waals surface area contributed by atoms with Crippen LogP contribution in [-0.2, 0) is 33.0 Å². The van der Waals surface area contributed by atoms with Gasteiger partial charge in [-0.25, -0.2) is 19.4 Å². The Morgan fingerprint density at radius 2 is 1.38 bits per heavy atom. The number of ether oxygens (including phenoxy) is 3. The normalized spacial score (nSPS) is 12.9. The Labute approximate surface area is 326 Å². The summed E-state index contributed by atoms with van der Waals surface area (Å²) in [5.41, 5.74) is 6.81. The Bertz CT molecular complexity index is 1940. The maximum atomic E-state index is 13.5. The zero-order valence-corrected chi connectivity index (χ0v) is 34.1. The quantitative estimate of drug-likeness (QED) is 0.0709. The Morgan fingerprint density at radius 3 is 1.89 bits per heavy atom. The van der Waals surface area contributed by atoms with Crippen LogP contribution in [0.15, 0.2) is 84.9 Å². The first-order valence-corrected chi connectivity index (χ1v) is 20.3. The number of benzene rings is 3. The smallest absolute Gasteiger partial charge is 0.412 e. The predicted molar refractivity (Wildman–Crippen MR) is 213 cm³/mol. The first kappa shape index (κ1) is 42.5. The number of nitrogens with two attached hydrogens (primary N) is 1. The van der Waals surface area contributed by atoms with E-state index in [0.29, 0.717) is 21.1 Å². The lowest BCUT2D eigenvalue weighted by Crippen LogP contribution is -2.67. The van der Waals surface area contributed by atoms with Crippen molar-refractivity contribution in [2.75, 3.05) is 18.5 Å². The zero-order valence-electron chi connectivity index (χ0n) is 32.3. The molecular formula is C40H48N4O9SSi. The molecule has 0 saturated heterocycles. The molecule has 0 aliphatic rings. The highest BCUT2D eigenvalue weighted by molar-refractivity contribution is 7.15. The number of nitrogens with one attached hydrogen (secondary N) is 2. The molecule has 55 heavy (non-hydrogen) atoms. The number of aromatic nitrogens is 1. The van der Waals surface area contributed by atoms with E-state index in [2.05, 4.69) is 36.4 Å². The zero-order chi connectivity index (χ0) is 40.6. The van der Waals surface area contributed by atoms with E-state index in [-0.39, 0.29) is 12.3 Å². The first-order valence-electron chi connectivity index (χ1n) is 17.6. The summed E-state index contributed by atoms with van der Waals surface area (Å²) in [7, 11) is -3.06. The molecule has 0 radical (unpaired) electrons. The Morgan fingerprint density at radius 1 is 0.818 bits per heavy atom. The van der Waals surface area contributed by atoms with Crippen molar-refractivity contribution in [3.05, 3.63) is 95.5 Å². The second-order valence-corrected chi connectivity index (χ2v) is 20.3. The van der Waals surface area contributed by atoms with E-state index in [0.717, 1.165) is 17.3 Å². The molecule has 0 fully saturated rings. The summed E-state index contributed by atoms with van der Waals surface area (Å²) in [6.07, 6.45) is -0.599. The Hall–Kier alpha value is -5.22. The molecule has 0 aliphatic heterocycles. The third kappa shape index (κ3) is 11.2. The molecule has 0 spiro atoms. The van der Waals surface area contributed by atoms with Crippen molar-refractivity contribution in [3.63, 3.8) is 0 Å². The molecule has 2 amide bonds. The summed E-state index contributed by atoms with van der Waals surface area (Å²) in [4.78, 5) is 68.9. The number of anilines is 1. The molecule has 4 N–H and O–H groups in total. The van der Waals surface area contributed by atoms with Crippen molar-refractivity contribution in [3.8, 4) is 10.6 Å². The molecule has 2 atom stereocenters. The summed E-state index contributed by atoms with van der Waals surface area (Å²) in [5, 5.41) is 7.18. The van der Waals surface area contributed by atoms with E-state index in [1.165, 1.54) is 11.3 Å². The fraction of sp³-hybridized carbons (Fsp3) is 0.350. The van der Waals surface area contributed by atoms with Crippen LogP contribution in [0.4, 0.5) is 10.5 Å². The van der Waals surface area contributed by atoms with Crippen molar-refractivity contribution < 1.29 is 42.6 Å². The number of carbonyl (C=O) groups is 5. The molecule has 0 unspecified atom stereocenters. The summed E-state index contributed by atoms with van der Waals surface area (Å²) in [6.45, 7) is 13.5. The fourth-order valence-corrected chi connectivity index (χ4v) is 11.2. The van der Waals surface area contributed by atoms with Crippen molar-refractivity contribution in [1.29, 1.82) is 0 Å². The standard InChI is InChI=1S/C40H48N4O9SSi/c1-25-33(44-35(54-25)27-19-21-28(22-20-27)42-38(49)53-39(3,4)5)34(46)43-32(24-50-26(2)45)37(48)52-36(47)31(41)23-51-55(40(6,7)8,29-15-11-9-12-16-29)30-17-13-10-14-18-30/h9-22,31-32H,23-24,41H2,1-8H3,(H,42,49)(H,43,46)/t31-,32-/m0/s1. The van der Waals surface area contributed by atoms with Crippen LogP contribution >= 0.6 is 11.3 Å². The molecule has 0 aliphatic carbocycles. The van der Waals surface area contributed by atoms with Gasteiger partial charge in [0.2, 0.25) is 0 Å². The molecule has 13 nitrogen and oxygen atoms in total. The van der Waals surface area contributed by atoms with Gasteiger partial charge in [0.05, 0.1) is 6.61 Å². The number of rotatable bonds is 13. The van der Waals surface area contributed by atoms with Crippen molar-refractivity contribution in [2.24, 2.45) is 5.73 Å². The van der Waals surface area contributed by atoms with Crippen LogP contribution in [0.25, 0.3) is 10.6 Å². The molecule has 4 rings (SSSR count). The summed E-state index contributed by atoms with van der Waals surface area (Å²) in [5.74, 6) is -3.74. The average molecular weight is 789 g/mol. The average Bonchev–Trinajstić information content (AvgIpc) is 3.51. The number of aryl methyl sites for hydroxylation is 1. The third-order valence-corrected chi connectivity index (χ3v) is 14.3. The van der Waals surface area contributed by atoms with E-state index in [1.807, 2.05) is 60.7 Å². The minimum Gasteiger partial charge on any atom is -0.463 e. The monoisotopic (exact) mass is 788 g/mol. The Balaban J connectivity index is 1.46. The highest BCUT2D eigenvalue weighted by Crippen LogP contribution is 2.37. The topological polar surface area (TPSA) is 185 Å². The van der Waals surface area contributed by atoms with Gasteiger partial charge in [-0.05, 0) is 67.4 Å². The SMILES string of the molecule is CC(=O)OC[C@H](NC(=O)c1nc(-c2ccc(NC(=O)OC(C)(C)C)cc2)sc1C)C(=O)OC(=O)[C@@H](N)CO[Si](c1ccccc1)(c1ccccc1)C(C)(C)C. The van der Waals surface area contributed by atoms with E-state index in [9.17, 15) is 24.0 Å². The van der Waals surface area contributed by atoms with Gasteiger partial charge in [0.25, 0.3) is 14.2 Å². The van der Waals surface area contributed by atoms with Gasteiger partial charge in [0.15, 0.2) is 6.04 Å². The number of carbonyl (C=O) groups excluding carboxylic acids is 5. The second-order valence-electron chi connectivity index (χ2n) is 14.8. The van der Waals surface area contributed by atoms with Crippen LogP contribution in [0.3, 0.4) is 0 Å². The van der Waals surface area contributed by atoms with Crippen LogP contribution in [0.1, 0.15) is 63.8 Å². The van der Waals surface area contributed by atoms with Gasteiger partial charge in [-0.2, -0.15) is 0 Å². The number of nitrogens with zero attached hydrogens (tertiary/aromatic N) is 1. The van der Waals surface area contributed by atoms with Crippen LogP contribution in [0, 0.1) is 6.92 Å². The molecule has 1 heterocycles. The van der Waals surface area contributed by atoms with Crippen molar-refractivity contribution in [1.82, 2.24) is 10.3 Å². The molecule has 1 aromatic heterocycles. The van der Waals surface area contributed by atoms with Crippen LogP contribution < -0.4 is 26.7 Å². The second kappa shape index (κ2) is 17.9. The molecule has 3 aromatic carbocycles. The largest absolute Gasteiger partial charge is 0.463 e. The minimum atomic E-state index is -3.06. The fourth-order valence-electron chi connectivity index (χ4n) is 5.73. The van der Waals surface area contributed by atoms with Gasteiger partial charge in [-0.3, -0.25) is 14.9 Å². The predicted octanol–water partition coefficient (Wildman–Crippen LogP) is 5.10. The molecule has 4 aromatic rings. The van der Waals surface area contributed by atoms with Gasteiger partial charge < -0.3 is 29.7 Å². The Kier molecular flexibility index (Phi) is 13.9. The van der Waals surface area contributed by atoms with Gasteiger partial charge >= 0.3 is 24.0 Å². The minimum absolute atomic E-state index is 0.0123. The van der Waals surface area contributed by atoms with E-state index in [4.69, 9.17) is 24.4 Å². The van der Waals surface area contributed by atoms with E-state index in [1.54, 1.807) is 52.0 Å². The summed E-state index contributed by atoms with van der Waals surface area (Å²) >= 11 is 1.23. The van der Waals surface area contributed by atoms with Crippen LogP contribution in [0.2, 0.25) is 5.04 Å². The molecule has 15 heteroatoms. The number of hydrogen-bond donors (Lipinski definition) is 3. The van der Waals surface area contributed by atoms with Crippen LogP contribution in [-0.4, -0.2) is 74.1 Å². The third-order valence-electron chi connectivity index (χ3n) is 8.23. The van der Waals surface area contributed by atoms with Gasteiger partial charge in [0.1, 0.15) is 29.0 Å². The van der Waals surface area contributed by atoms with E-state index < -0.39 is 67.6 Å². The van der Waals surface area contributed by atoms with Crippen molar-refractivity contribution >= 4 is 65.6 Å². The highest BCUT2D eigenvalue weighted by Gasteiger charge is 2.50. The van der Waals surface area contributed by atoms with Crippen molar-refractivity contribution in [2.45, 2.75) is 78.1 Å². The van der Waals surface area contributed by atoms with E-state index >= 15 is 0 Å². The summed E-state index contributed by atoms with van der Waals surface area (Å²) < 4.78 is 22.2.